The van der Waals surface area contributed by atoms with Crippen LogP contribution < -0.4 is 0 Å². The number of carbonyl (C=O) groups is 2. The fraction of sp³-hybridized carbons (Fsp3) is 0.200. The van der Waals surface area contributed by atoms with Gasteiger partial charge in [-0.2, -0.15) is 5.10 Å². The SMILES string of the molecule is CN(Cc1ncn[nH]1)C(=O)c1ccc(C(=O)O)s1. The van der Waals surface area contributed by atoms with Crippen molar-refractivity contribution in [3.8, 4) is 0 Å². The third-order valence-electron chi connectivity index (χ3n) is 2.23. The quantitative estimate of drug-likeness (QED) is 0.854. The van der Waals surface area contributed by atoms with Crippen LogP contribution in [-0.2, 0) is 6.54 Å². The van der Waals surface area contributed by atoms with Crippen molar-refractivity contribution in [2.24, 2.45) is 0 Å². The summed E-state index contributed by atoms with van der Waals surface area (Å²) >= 11 is 0.953. The molecule has 0 fully saturated rings. The average Bonchev–Trinajstić information content (AvgIpc) is 2.98. The third-order valence-corrected chi connectivity index (χ3v) is 3.29. The Balaban J connectivity index is 2.08. The number of aromatic carboxylic acids is 1. The highest BCUT2D eigenvalue weighted by Gasteiger charge is 2.17. The number of nitrogens with one attached hydrogen (secondary N) is 1. The van der Waals surface area contributed by atoms with E-state index < -0.39 is 5.97 Å². The number of nitrogens with zero attached hydrogens (tertiary/aromatic N) is 3. The fourth-order valence-electron chi connectivity index (χ4n) is 1.36. The number of carboxylic acid groups (broad SMARTS) is 1. The van der Waals surface area contributed by atoms with E-state index in [1.807, 2.05) is 0 Å². The van der Waals surface area contributed by atoms with Crippen molar-refractivity contribution < 1.29 is 14.7 Å². The zero-order chi connectivity index (χ0) is 13.1. The van der Waals surface area contributed by atoms with Crippen molar-refractivity contribution in [3.05, 3.63) is 34.0 Å². The predicted octanol–water partition coefficient (Wildman–Crippen LogP) is 0.837. The van der Waals surface area contributed by atoms with E-state index in [9.17, 15) is 9.59 Å². The van der Waals surface area contributed by atoms with Gasteiger partial charge in [0.25, 0.3) is 5.91 Å². The predicted molar refractivity (Wildman–Crippen MR) is 63.5 cm³/mol. The van der Waals surface area contributed by atoms with Gasteiger partial charge in [-0.25, -0.2) is 9.78 Å². The summed E-state index contributed by atoms with van der Waals surface area (Å²) in [5, 5.41) is 15.1. The van der Waals surface area contributed by atoms with Crippen LogP contribution in [0.5, 0.6) is 0 Å². The number of H-pyrrole nitrogens is 1. The molecule has 0 aliphatic carbocycles. The Morgan fingerprint density at radius 3 is 2.72 bits per heavy atom. The molecule has 0 saturated carbocycles. The topological polar surface area (TPSA) is 99.2 Å². The van der Waals surface area contributed by atoms with E-state index in [4.69, 9.17) is 5.11 Å². The van der Waals surface area contributed by atoms with Crippen LogP contribution in [0.25, 0.3) is 0 Å². The van der Waals surface area contributed by atoms with E-state index in [0.29, 0.717) is 17.2 Å². The zero-order valence-electron chi connectivity index (χ0n) is 9.45. The van der Waals surface area contributed by atoms with Crippen molar-refractivity contribution in [3.63, 3.8) is 0 Å². The molecule has 0 bridgehead atoms. The summed E-state index contributed by atoms with van der Waals surface area (Å²) in [6.07, 6.45) is 1.36. The van der Waals surface area contributed by atoms with Gasteiger partial charge in [0.1, 0.15) is 17.0 Å². The molecule has 2 heterocycles. The summed E-state index contributed by atoms with van der Waals surface area (Å²) in [5.41, 5.74) is 0. The lowest BCUT2D eigenvalue weighted by Crippen LogP contribution is -2.25. The minimum absolute atomic E-state index is 0.145. The average molecular weight is 266 g/mol. The highest BCUT2D eigenvalue weighted by Crippen LogP contribution is 2.18. The molecule has 2 N–H and O–H groups in total. The van der Waals surface area contributed by atoms with Gasteiger partial charge in [-0.1, -0.05) is 0 Å². The van der Waals surface area contributed by atoms with Gasteiger partial charge >= 0.3 is 5.97 Å². The lowest BCUT2D eigenvalue weighted by molar-refractivity contribution is 0.0701. The maximum atomic E-state index is 12.0. The third kappa shape index (κ3) is 2.54. The lowest BCUT2D eigenvalue weighted by Gasteiger charge is -2.13. The molecule has 0 aliphatic heterocycles. The zero-order valence-corrected chi connectivity index (χ0v) is 10.3. The summed E-state index contributed by atoms with van der Waals surface area (Å²) in [7, 11) is 1.62. The molecule has 7 nitrogen and oxygen atoms in total. The van der Waals surface area contributed by atoms with Gasteiger partial charge < -0.3 is 10.0 Å². The Labute approximate surface area is 106 Å². The van der Waals surface area contributed by atoms with Crippen molar-refractivity contribution in [1.29, 1.82) is 0 Å². The molecule has 0 unspecified atom stereocenters. The van der Waals surface area contributed by atoms with Gasteiger partial charge in [0, 0.05) is 7.05 Å². The van der Waals surface area contributed by atoms with E-state index in [2.05, 4.69) is 15.2 Å². The first-order valence-corrected chi connectivity index (χ1v) is 5.82. The highest BCUT2D eigenvalue weighted by molar-refractivity contribution is 7.15. The molecule has 0 radical (unpaired) electrons. The number of rotatable bonds is 4. The molecule has 1 amide bonds. The Bertz CT molecular complexity index is 563. The Kier molecular flexibility index (Phi) is 3.38. The van der Waals surface area contributed by atoms with Gasteiger partial charge in [0.2, 0.25) is 0 Å². The Hall–Kier alpha value is -2.22. The molecule has 2 aromatic rings. The number of amides is 1. The summed E-state index contributed by atoms with van der Waals surface area (Å²) in [5.74, 6) is -0.707. The van der Waals surface area contributed by atoms with Crippen molar-refractivity contribution >= 4 is 23.2 Å². The van der Waals surface area contributed by atoms with Crippen molar-refractivity contribution in [2.75, 3.05) is 7.05 Å². The van der Waals surface area contributed by atoms with Crippen LogP contribution in [0.4, 0.5) is 0 Å². The number of hydrogen-bond acceptors (Lipinski definition) is 5. The molecular formula is C10H10N4O3S. The second-order valence-electron chi connectivity index (χ2n) is 3.56. The molecule has 18 heavy (non-hydrogen) atoms. The molecule has 2 aromatic heterocycles. The number of hydrogen-bond donors (Lipinski definition) is 2. The van der Waals surface area contributed by atoms with Gasteiger partial charge in [-0.15, -0.1) is 11.3 Å². The maximum absolute atomic E-state index is 12.0. The standard InChI is InChI=1S/C10H10N4O3S/c1-14(4-8-11-5-12-13-8)9(15)6-2-3-7(18-6)10(16)17/h2-3,5H,4H2,1H3,(H,16,17)(H,11,12,13). The number of aromatic amines is 1. The van der Waals surface area contributed by atoms with Crippen LogP contribution in [0, 0.1) is 0 Å². The number of carboxylic acids is 1. The van der Waals surface area contributed by atoms with Crippen LogP contribution in [0.3, 0.4) is 0 Å². The van der Waals surface area contributed by atoms with E-state index in [1.54, 1.807) is 7.05 Å². The summed E-state index contributed by atoms with van der Waals surface area (Å²) in [6, 6.07) is 2.93. The second-order valence-corrected chi connectivity index (χ2v) is 4.65. The largest absolute Gasteiger partial charge is 0.477 e. The van der Waals surface area contributed by atoms with Gasteiger partial charge in [0.05, 0.1) is 11.4 Å². The normalized spacial score (nSPS) is 10.3. The van der Waals surface area contributed by atoms with Crippen LogP contribution >= 0.6 is 11.3 Å². The molecule has 0 saturated heterocycles. The maximum Gasteiger partial charge on any atom is 0.345 e. The molecule has 0 aromatic carbocycles. The van der Waals surface area contributed by atoms with E-state index in [1.165, 1.54) is 23.4 Å². The van der Waals surface area contributed by atoms with Gasteiger partial charge in [0.15, 0.2) is 0 Å². The minimum Gasteiger partial charge on any atom is -0.477 e. The minimum atomic E-state index is -1.03. The molecule has 2 rings (SSSR count). The molecule has 8 heteroatoms. The fourth-order valence-corrected chi connectivity index (χ4v) is 2.20. The molecule has 0 spiro atoms. The van der Waals surface area contributed by atoms with Gasteiger partial charge in [-0.3, -0.25) is 9.89 Å². The van der Waals surface area contributed by atoms with E-state index in [-0.39, 0.29) is 10.8 Å². The van der Waals surface area contributed by atoms with Gasteiger partial charge in [-0.05, 0) is 12.1 Å². The van der Waals surface area contributed by atoms with Crippen LogP contribution in [0.2, 0.25) is 0 Å². The van der Waals surface area contributed by atoms with Crippen LogP contribution in [0.15, 0.2) is 18.5 Å². The molecule has 0 aliphatic rings. The Morgan fingerprint density at radius 1 is 1.44 bits per heavy atom. The lowest BCUT2D eigenvalue weighted by atomic mass is 10.4. The van der Waals surface area contributed by atoms with Crippen molar-refractivity contribution in [1.82, 2.24) is 20.1 Å². The second kappa shape index (κ2) is 4.96. The molecule has 94 valence electrons. The number of carbonyl (C=O) groups excluding carboxylic acids is 1. The summed E-state index contributed by atoms with van der Waals surface area (Å²) in [4.78, 5) is 28.6. The van der Waals surface area contributed by atoms with E-state index >= 15 is 0 Å². The molecular weight excluding hydrogens is 256 g/mol. The summed E-state index contributed by atoms with van der Waals surface area (Å²) < 4.78 is 0. The number of thiophene rings is 1. The first-order valence-electron chi connectivity index (χ1n) is 5.00. The first kappa shape index (κ1) is 12.2. The van der Waals surface area contributed by atoms with Crippen molar-refractivity contribution in [2.45, 2.75) is 6.54 Å². The monoisotopic (exact) mass is 266 g/mol. The van der Waals surface area contributed by atoms with Crippen LogP contribution in [0.1, 0.15) is 25.2 Å². The summed E-state index contributed by atoms with van der Waals surface area (Å²) in [6.45, 7) is 0.291. The first-order chi connectivity index (χ1) is 8.58. The Morgan fingerprint density at radius 2 is 2.17 bits per heavy atom. The number of aromatic nitrogens is 3. The highest BCUT2D eigenvalue weighted by atomic mass is 32.1. The van der Waals surface area contributed by atoms with Crippen LogP contribution in [-0.4, -0.2) is 44.1 Å². The molecule has 0 atom stereocenters. The smallest absolute Gasteiger partial charge is 0.345 e. The van der Waals surface area contributed by atoms with E-state index in [0.717, 1.165) is 11.3 Å².